The van der Waals surface area contributed by atoms with E-state index < -0.39 is 59.9 Å². The van der Waals surface area contributed by atoms with Gasteiger partial charge in [-0.25, -0.2) is 4.18 Å². The normalized spacial score (nSPS) is 20.1. The molecule has 7 unspecified atom stereocenters. The molecule has 1 aliphatic heterocycles. The molecule has 12 nitrogen and oxygen atoms in total. The van der Waals surface area contributed by atoms with Crippen LogP contribution in [0, 0.1) is 0 Å². The van der Waals surface area contributed by atoms with Crippen LogP contribution in [-0.2, 0) is 28.9 Å². The number of carbonyl (C=O) groups excluding carboxylic acids is 1. The Morgan fingerprint density at radius 2 is 0.985 bits per heavy atom. The van der Waals surface area contributed by atoms with Crippen molar-refractivity contribution in [2.45, 2.75) is 301 Å². The van der Waals surface area contributed by atoms with Crippen LogP contribution in [0.25, 0.3) is 0 Å². The number of hydrogen-bond acceptors (Lipinski definition) is 10. The second-order valence-corrected chi connectivity index (χ2v) is 20.2. The first kappa shape index (κ1) is 61.9. The number of aliphatic hydroxyl groups excluding tert-OH is 4. The van der Waals surface area contributed by atoms with E-state index in [9.17, 15) is 38.2 Å². The maximum absolute atomic E-state index is 13.1. The van der Waals surface area contributed by atoms with Crippen molar-refractivity contribution in [2.75, 3.05) is 13.2 Å². The van der Waals surface area contributed by atoms with E-state index in [0.29, 0.717) is 12.8 Å². The quantitative estimate of drug-likeness (QED) is 0.0193. The molecule has 1 heterocycles. The third-order valence-electron chi connectivity index (χ3n) is 13.1. The second kappa shape index (κ2) is 42.9. The van der Waals surface area contributed by atoms with Gasteiger partial charge in [-0.1, -0.05) is 225 Å². The van der Waals surface area contributed by atoms with E-state index in [0.717, 1.165) is 51.4 Å². The summed E-state index contributed by atoms with van der Waals surface area (Å²) in [6.45, 7) is 3.47. The van der Waals surface area contributed by atoms with Crippen LogP contribution in [0.3, 0.4) is 0 Å². The van der Waals surface area contributed by atoms with Crippen LogP contribution in [0.1, 0.15) is 258 Å². The zero-order chi connectivity index (χ0) is 47.6. The van der Waals surface area contributed by atoms with Gasteiger partial charge in [0.15, 0.2) is 6.29 Å². The van der Waals surface area contributed by atoms with E-state index in [1.807, 2.05) is 0 Å². The number of ether oxygens (including phenoxy) is 2. The van der Waals surface area contributed by atoms with Crippen molar-refractivity contribution in [3.63, 3.8) is 0 Å². The lowest BCUT2D eigenvalue weighted by Crippen LogP contribution is -2.61. The Bertz CT molecular complexity index is 1210. The number of hydrogen-bond donors (Lipinski definition) is 6. The molecule has 386 valence electrons. The molecule has 0 bridgehead atoms. The van der Waals surface area contributed by atoms with Gasteiger partial charge in [0.05, 0.1) is 25.4 Å². The lowest BCUT2D eigenvalue weighted by Gasteiger charge is -2.41. The summed E-state index contributed by atoms with van der Waals surface area (Å²) >= 11 is 0. The largest absolute Gasteiger partial charge is 0.397 e. The first-order valence-electron chi connectivity index (χ1n) is 27.1. The van der Waals surface area contributed by atoms with Gasteiger partial charge in [0.1, 0.15) is 24.4 Å². The fraction of sp³-hybridized carbons (Fsp3) is 0.942. The highest BCUT2D eigenvalue weighted by atomic mass is 32.3. The van der Waals surface area contributed by atoms with Crippen LogP contribution in [0.5, 0.6) is 0 Å². The zero-order valence-corrected chi connectivity index (χ0v) is 42.4. The molecule has 1 amide bonds. The molecule has 6 N–H and O–H groups in total. The van der Waals surface area contributed by atoms with E-state index >= 15 is 0 Å². The van der Waals surface area contributed by atoms with Crippen LogP contribution >= 0.6 is 0 Å². The number of carbonyl (C=O) groups is 1. The molecule has 0 aromatic carbocycles. The van der Waals surface area contributed by atoms with Crippen LogP contribution < -0.4 is 5.32 Å². The maximum atomic E-state index is 13.1. The number of rotatable bonds is 47. The highest BCUT2D eigenvalue weighted by molar-refractivity contribution is 7.80. The SMILES string of the molecule is CCCCCCCC/C=C\CCCCCCCCCC(=O)NC(COC1OC(CO)C(O)C(OS(=O)(=O)O)C1O)C(O)CCCCCCCCCCCCCCCCCCCCCCC. The van der Waals surface area contributed by atoms with Gasteiger partial charge in [0.2, 0.25) is 5.91 Å². The van der Waals surface area contributed by atoms with Crippen molar-refractivity contribution < 1.29 is 51.8 Å². The summed E-state index contributed by atoms with van der Waals surface area (Å²) in [6, 6.07) is -0.858. The van der Waals surface area contributed by atoms with Crippen molar-refractivity contribution in [1.82, 2.24) is 5.32 Å². The molecular weight excluding hydrogens is 847 g/mol. The zero-order valence-electron chi connectivity index (χ0n) is 41.6. The first-order valence-corrected chi connectivity index (χ1v) is 28.4. The van der Waals surface area contributed by atoms with E-state index in [-0.39, 0.29) is 18.9 Å². The number of allylic oxidation sites excluding steroid dienone is 2. The summed E-state index contributed by atoms with van der Waals surface area (Å²) in [5.74, 6) is -0.231. The monoisotopic (exact) mass is 948 g/mol. The van der Waals surface area contributed by atoms with E-state index in [1.165, 1.54) is 173 Å². The second-order valence-electron chi connectivity index (χ2n) is 19.2. The minimum Gasteiger partial charge on any atom is -0.394 e. The van der Waals surface area contributed by atoms with Crippen molar-refractivity contribution in [1.29, 1.82) is 0 Å². The molecule has 0 radical (unpaired) electrons. The van der Waals surface area contributed by atoms with Gasteiger partial charge in [-0.3, -0.25) is 9.35 Å². The fourth-order valence-corrected chi connectivity index (χ4v) is 9.38. The molecule has 0 saturated carbocycles. The van der Waals surface area contributed by atoms with E-state index in [1.54, 1.807) is 0 Å². The summed E-state index contributed by atoms with van der Waals surface area (Å²) in [7, 11) is -5.08. The van der Waals surface area contributed by atoms with Gasteiger partial charge in [-0.15, -0.1) is 0 Å². The Kier molecular flexibility index (Phi) is 40.8. The summed E-state index contributed by atoms with van der Waals surface area (Å²) in [4.78, 5) is 13.1. The lowest BCUT2D eigenvalue weighted by molar-refractivity contribution is -0.298. The number of aliphatic hydroxyl groups is 4. The third-order valence-corrected chi connectivity index (χ3v) is 13.5. The van der Waals surface area contributed by atoms with Crippen molar-refractivity contribution in [3.8, 4) is 0 Å². The summed E-state index contributed by atoms with van der Waals surface area (Å²) in [5.41, 5.74) is 0. The summed E-state index contributed by atoms with van der Waals surface area (Å²) in [5, 5.41) is 45.0. The molecule has 7 atom stereocenters. The predicted molar refractivity (Wildman–Crippen MR) is 264 cm³/mol. The minimum absolute atomic E-state index is 0.231. The average Bonchev–Trinajstić information content (AvgIpc) is 3.28. The Balaban J connectivity index is 2.40. The van der Waals surface area contributed by atoms with E-state index in [2.05, 4.69) is 35.5 Å². The van der Waals surface area contributed by atoms with Gasteiger partial charge >= 0.3 is 10.4 Å². The van der Waals surface area contributed by atoms with Gasteiger partial charge in [-0.2, -0.15) is 8.42 Å². The Morgan fingerprint density at radius 3 is 1.38 bits per heavy atom. The summed E-state index contributed by atoms with van der Waals surface area (Å²) < 4.78 is 47.8. The first-order chi connectivity index (χ1) is 31.5. The van der Waals surface area contributed by atoms with Gasteiger partial charge in [-0.05, 0) is 38.5 Å². The highest BCUT2D eigenvalue weighted by Crippen LogP contribution is 2.26. The number of amides is 1. The average molecular weight is 948 g/mol. The van der Waals surface area contributed by atoms with Crippen LogP contribution in [-0.4, -0.2) is 95.4 Å². The van der Waals surface area contributed by atoms with Crippen molar-refractivity contribution in [2.24, 2.45) is 0 Å². The standard InChI is InChI=1S/C52H101NO11S/c1-3-5-7-9-11-13-15-17-19-21-22-23-24-26-27-29-31-33-35-37-39-41-46(55)45(44-62-52-50(58)51(64-65(59,60)61)49(57)47(43-54)63-52)53-48(56)42-40-38-36-34-32-30-28-25-20-18-16-14-12-10-8-6-4-2/h18,20,45-47,49-52,54-55,57-58H,3-17,19,21-44H2,1-2H3,(H,53,56)(H,59,60,61)/b20-18-. The predicted octanol–water partition coefficient (Wildman–Crippen LogP) is 11.9. The number of unbranched alkanes of at least 4 members (excludes halogenated alkanes) is 33. The number of nitrogens with one attached hydrogen (secondary N) is 1. The third kappa shape index (κ3) is 35.6. The molecular formula is C52H101NO11S. The molecule has 0 aromatic rings. The van der Waals surface area contributed by atoms with Crippen molar-refractivity contribution in [3.05, 3.63) is 12.2 Å². The highest BCUT2D eigenvalue weighted by Gasteiger charge is 2.48. The van der Waals surface area contributed by atoms with Gasteiger partial charge in [0.25, 0.3) is 0 Å². The Hall–Kier alpha value is -1.16. The molecule has 1 rings (SSSR count). The molecule has 1 fully saturated rings. The molecule has 65 heavy (non-hydrogen) atoms. The lowest BCUT2D eigenvalue weighted by atomic mass is 9.99. The fourth-order valence-electron chi connectivity index (χ4n) is 8.87. The smallest absolute Gasteiger partial charge is 0.394 e. The van der Waals surface area contributed by atoms with Crippen LogP contribution in [0.2, 0.25) is 0 Å². The molecule has 1 saturated heterocycles. The maximum Gasteiger partial charge on any atom is 0.397 e. The molecule has 1 aliphatic rings. The topological polar surface area (TPSA) is 192 Å². The molecule has 0 spiro atoms. The molecule has 13 heteroatoms. The van der Waals surface area contributed by atoms with E-state index in [4.69, 9.17) is 9.47 Å². The van der Waals surface area contributed by atoms with Gasteiger partial charge in [0, 0.05) is 6.42 Å². The van der Waals surface area contributed by atoms with Gasteiger partial charge < -0.3 is 35.2 Å². The Morgan fingerprint density at radius 1 is 0.600 bits per heavy atom. The van der Waals surface area contributed by atoms with Crippen molar-refractivity contribution >= 4 is 16.3 Å². The molecule has 0 aliphatic carbocycles. The Labute approximate surface area is 398 Å². The summed E-state index contributed by atoms with van der Waals surface area (Å²) in [6.07, 6.45) is 40.6. The molecule has 0 aromatic heterocycles. The van der Waals surface area contributed by atoms with Crippen LogP contribution in [0.15, 0.2) is 12.2 Å². The van der Waals surface area contributed by atoms with Crippen LogP contribution in [0.4, 0.5) is 0 Å². The minimum atomic E-state index is -5.08.